The molecular weight excluding hydrogens is 753 g/mol. The van der Waals surface area contributed by atoms with Gasteiger partial charge in [0.15, 0.2) is 0 Å². The molecule has 8 nitrogen and oxygen atoms in total. The van der Waals surface area contributed by atoms with Gasteiger partial charge in [-0.1, -0.05) is 110 Å². The number of aryl methyl sites for hydroxylation is 2. The average Bonchev–Trinajstić information content (AvgIpc) is 3.31. The number of hydrogen-bond acceptors (Lipinski definition) is 7. The first kappa shape index (κ1) is 56.5. The van der Waals surface area contributed by atoms with Crippen molar-refractivity contribution in [1.82, 2.24) is 10.2 Å². The SMILES string of the molecule is C=C.C=O.CC.CC.CCC.CCC/C(C=NC)=C(\CC)Nc1ccc(N2CCC(N3CCC(c4ccc(NC(=O)CCNCc5ccc(C)cc5)c(C)c4)CC3)CC2)cc1. The second-order valence-corrected chi connectivity index (χ2v) is 14.9. The Balaban J connectivity index is 0.00000301. The molecule has 8 heteroatoms. The number of piperidine rings is 2. The van der Waals surface area contributed by atoms with E-state index in [1.165, 1.54) is 78.8 Å². The maximum Gasteiger partial charge on any atom is 0.225 e. The van der Waals surface area contributed by atoms with E-state index in [0.717, 1.165) is 55.8 Å². The lowest BCUT2D eigenvalue weighted by Crippen LogP contribution is -2.47. The monoisotopic (exact) mass is 839 g/mol. The highest BCUT2D eigenvalue weighted by atomic mass is 16.1. The van der Waals surface area contributed by atoms with Crippen LogP contribution in [0.3, 0.4) is 0 Å². The lowest BCUT2D eigenvalue weighted by molar-refractivity contribution is -0.116. The van der Waals surface area contributed by atoms with Gasteiger partial charge in [-0.3, -0.25) is 9.79 Å². The van der Waals surface area contributed by atoms with Crippen molar-refractivity contribution in [2.24, 2.45) is 4.99 Å². The van der Waals surface area contributed by atoms with Crippen LogP contribution >= 0.6 is 0 Å². The molecule has 0 aliphatic carbocycles. The maximum absolute atomic E-state index is 12.6. The number of rotatable bonds is 15. The van der Waals surface area contributed by atoms with Gasteiger partial charge in [0.05, 0.1) is 0 Å². The predicted molar refractivity (Wildman–Crippen MR) is 270 cm³/mol. The molecule has 1 amide bonds. The molecule has 0 unspecified atom stereocenters. The molecule has 0 spiro atoms. The Morgan fingerprint density at radius 3 is 1.90 bits per heavy atom. The second-order valence-electron chi connectivity index (χ2n) is 14.9. The lowest BCUT2D eigenvalue weighted by Gasteiger charge is -2.42. The molecule has 2 heterocycles. The van der Waals surface area contributed by atoms with E-state index in [4.69, 9.17) is 4.79 Å². The Kier molecular flexibility index (Phi) is 32.5. The Bertz CT molecular complexity index is 1620. The normalized spacial score (nSPS) is 14.4. The number of allylic oxidation sites excluding steroid dienone is 2. The summed E-state index contributed by atoms with van der Waals surface area (Å²) in [6.07, 6.45) is 11.7. The summed E-state index contributed by atoms with van der Waals surface area (Å²) in [6.45, 7) is 34.9. The topological polar surface area (TPSA) is 89.1 Å². The van der Waals surface area contributed by atoms with Crippen LogP contribution in [-0.4, -0.2) is 69.6 Å². The summed E-state index contributed by atoms with van der Waals surface area (Å²) in [4.78, 5) is 30.2. The van der Waals surface area contributed by atoms with Crippen molar-refractivity contribution in [3.63, 3.8) is 0 Å². The Morgan fingerprint density at radius 2 is 1.38 bits per heavy atom. The number of amides is 1. The minimum Gasteiger partial charge on any atom is -0.371 e. The number of carbonyl (C=O) groups is 2. The van der Waals surface area contributed by atoms with Gasteiger partial charge in [-0.25, -0.2) is 0 Å². The van der Waals surface area contributed by atoms with E-state index < -0.39 is 0 Å². The third kappa shape index (κ3) is 20.7. The minimum atomic E-state index is 0.0585. The van der Waals surface area contributed by atoms with Crippen molar-refractivity contribution in [1.29, 1.82) is 0 Å². The molecule has 2 saturated heterocycles. The highest BCUT2D eigenvalue weighted by molar-refractivity contribution is 5.91. The van der Waals surface area contributed by atoms with Gasteiger partial charge < -0.3 is 30.5 Å². The van der Waals surface area contributed by atoms with E-state index in [2.05, 4.69) is 152 Å². The van der Waals surface area contributed by atoms with Gasteiger partial charge in [-0.05, 0) is 124 Å². The molecule has 5 rings (SSSR count). The largest absolute Gasteiger partial charge is 0.371 e. The molecule has 0 atom stereocenters. The van der Waals surface area contributed by atoms with Gasteiger partial charge in [0.1, 0.15) is 6.79 Å². The zero-order chi connectivity index (χ0) is 46.0. The number of likely N-dealkylation sites (tertiary alicyclic amines) is 1. The van der Waals surface area contributed by atoms with Gasteiger partial charge >= 0.3 is 0 Å². The number of benzene rings is 3. The van der Waals surface area contributed by atoms with Gasteiger partial charge in [0, 0.05) is 74.7 Å². The number of aliphatic imine (C=N–C) groups is 1. The Hall–Kier alpha value is -4.53. The van der Waals surface area contributed by atoms with Crippen LogP contribution in [0.15, 0.2) is 96.2 Å². The van der Waals surface area contributed by atoms with Gasteiger partial charge in [-0.15, -0.1) is 13.2 Å². The molecule has 3 aromatic rings. The zero-order valence-corrected chi connectivity index (χ0v) is 40.5. The standard InChI is InChI=1S/C43H60N6O.C3H8.2C2H6.C2H4.CH2O/c1-6-8-37(31-44-5)41(7-2)46-38-14-16-39(17-15-38)49-27-22-40(23-28-49)48-25-20-35(21-26-48)36-13-18-42(33(4)29-36)47-43(50)19-24-45-30-34-11-9-32(3)10-12-34;1-3-2;4*1-2/h9-18,29,31,35,40,45-46H,6-8,19-28,30H2,1-5H3,(H,47,50);3H2,1-2H3;2*1-2H3;1-2H2;1H2/b41-37-,44-31?;;;;;. The second kappa shape index (κ2) is 35.1. The smallest absolute Gasteiger partial charge is 0.225 e. The minimum absolute atomic E-state index is 0.0585. The lowest BCUT2D eigenvalue weighted by atomic mass is 9.87. The number of hydrogen-bond donors (Lipinski definition) is 3. The first-order valence-corrected chi connectivity index (χ1v) is 23.2. The van der Waals surface area contributed by atoms with Crippen LogP contribution in [0.5, 0.6) is 0 Å². The maximum atomic E-state index is 12.6. The number of nitrogens with zero attached hydrogens (tertiary/aromatic N) is 3. The molecule has 340 valence electrons. The third-order valence-corrected chi connectivity index (χ3v) is 10.6. The van der Waals surface area contributed by atoms with Crippen molar-refractivity contribution < 1.29 is 9.59 Å². The van der Waals surface area contributed by atoms with Crippen LogP contribution in [0.4, 0.5) is 17.1 Å². The Morgan fingerprint density at radius 1 is 0.787 bits per heavy atom. The molecule has 3 N–H and O–H groups in total. The van der Waals surface area contributed by atoms with Crippen LogP contribution in [0.1, 0.15) is 141 Å². The van der Waals surface area contributed by atoms with Gasteiger partial charge in [0.2, 0.25) is 5.91 Å². The summed E-state index contributed by atoms with van der Waals surface area (Å²) >= 11 is 0. The summed E-state index contributed by atoms with van der Waals surface area (Å²) in [5.74, 6) is 0.645. The molecule has 2 aliphatic rings. The average molecular weight is 839 g/mol. The van der Waals surface area contributed by atoms with Crippen LogP contribution in [0.25, 0.3) is 0 Å². The van der Waals surface area contributed by atoms with Crippen molar-refractivity contribution in [3.8, 4) is 0 Å². The highest BCUT2D eigenvalue weighted by Gasteiger charge is 2.29. The number of carbonyl (C=O) groups excluding carboxylic acids is 2. The van der Waals surface area contributed by atoms with Gasteiger partial charge in [0.25, 0.3) is 0 Å². The summed E-state index contributed by atoms with van der Waals surface area (Å²) in [6, 6.07) is 24.8. The molecule has 61 heavy (non-hydrogen) atoms. The zero-order valence-electron chi connectivity index (χ0n) is 40.5. The van der Waals surface area contributed by atoms with E-state index in [0.29, 0.717) is 24.9 Å². The van der Waals surface area contributed by atoms with E-state index in [9.17, 15) is 4.79 Å². The van der Waals surface area contributed by atoms with Crippen LogP contribution in [-0.2, 0) is 16.1 Å². The first-order valence-electron chi connectivity index (χ1n) is 23.2. The third-order valence-electron chi connectivity index (χ3n) is 10.6. The Labute approximate surface area is 373 Å². The van der Waals surface area contributed by atoms with E-state index in [1.54, 1.807) is 0 Å². The summed E-state index contributed by atoms with van der Waals surface area (Å²) < 4.78 is 0. The number of nitrogens with one attached hydrogen (secondary N) is 3. The quantitative estimate of drug-likeness (QED) is 0.0802. The summed E-state index contributed by atoms with van der Waals surface area (Å²) in [5, 5.41) is 10.2. The van der Waals surface area contributed by atoms with Crippen molar-refractivity contribution in [2.75, 3.05) is 55.3 Å². The number of anilines is 3. The molecule has 0 bridgehead atoms. The van der Waals surface area contributed by atoms with Crippen molar-refractivity contribution in [3.05, 3.63) is 113 Å². The fourth-order valence-corrected chi connectivity index (χ4v) is 7.57. The van der Waals surface area contributed by atoms with Crippen LogP contribution < -0.4 is 20.9 Å². The van der Waals surface area contributed by atoms with Crippen molar-refractivity contribution in [2.45, 2.75) is 146 Å². The summed E-state index contributed by atoms with van der Waals surface area (Å²) in [5.41, 5.74) is 11.0. The van der Waals surface area contributed by atoms with E-state index in [-0.39, 0.29) is 5.91 Å². The molecule has 3 aromatic carbocycles. The molecule has 0 saturated carbocycles. The molecule has 0 aromatic heterocycles. The van der Waals surface area contributed by atoms with Crippen LogP contribution in [0.2, 0.25) is 0 Å². The molecule has 2 aliphatic heterocycles. The van der Waals surface area contributed by atoms with Crippen LogP contribution in [0, 0.1) is 13.8 Å². The van der Waals surface area contributed by atoms with Crippen molar-refractivity contribution >= 4 is 36.0 Å². The first-order chi connectivity index (χ1) is 29.8. The van der Waals surface area contributed by atoms with E-state index >= 15 is 0 Å². The molecule has 2 fully saturated rings. The molecule has 0 radical (unpaired) electrons. The molecular formula is C53H86N6O2. The summed E-state index contributed by atoms with van der Waals surface area (Å²) in [7, 11) is 1.85. The fourth-order valence-electron chi connectivity index (χ4n) is 7.57. The van der Waals surface area contributed by atoms with E-state index in [1.807, 2.05) is 47.7 Å². The predicted octanol–water partition coefficient (Wildman–Crippen LogP) is 12.9. The van der Waals surface area contributed by atoms with Gasteiger partial charge in [-0.2, -0.15) is 0 Å². The fraction of sp³-hybridized carbons (Fsp3) is 0.528. The highest BCUT2D eigenvalue weighted by Crippen LogP contribution is 2.33.